The molecule has 0 radical (unpaired) electrons. The molecule has 3 amide bonds. The number of hydrogen-bond donors (Lipinski definition) is 3. The van der Waals surface area contributed by atoms with Gasteiger partial charge in [-0.1, -0.05) is 49.4 Å². The molecule has 0 spiro atoms. The van der Waals surface area contributed by atoms with Crippen LogP contribution in [-0.4, -0.2) is 24.3 Å². The Morgan fingerprint density at radius 3 is 2.18 bits per heavy atom. The molecular formula is C21H25N3O4. The molecule has 2 aromatic carbocycles. The number of amides is 3. The Kier molecular flexibility index (Phi) is 8.02. The number of benzene rings is 2. The van der Waals surface area contributed by atoms with Gasteiger partial charge in [0.05, 0.1) is 12.5 Å². The number of carbonyl (C=O) groups excluding carboxylic acids is 3. The van der Waals surface area contributed by atoms with Gasteiger partial charge < -0.3 is 10.1 Å². The quantitative estimate of drug-likeness (QED) is 0.608. The molecule has 0 aliphatic heterocycles. The van der Waals surface area contributed by atoms with Gasteiger partial charge in [-0.2, -0.15) is 0 Å². The summed E-state index contributed by atoms with van der Waals surface area (Å²) in [7, 11) is 0. The molecule has 0 aromatic heterocycles. The molecule has 0 fully saturated rings. The third-order valence-corrected chi connectivity index (χ3v) is 4.01. The first kappa shape index (κ1) is 21.0. The summed E-state index contributed by atoms with van der Waals surface area (Å²) in [4.78, 5) is 35.4. The van der Waals surface area contributed by atoms with Gasteiger partial charge in [0, 0.05) is 6.92 Å². The molecule has 1 atom stereocenters. The highest BCUT2D eigenvalue weighted by atomic mass is 16.5. The van der Waals surface area contributed by atoms with E-state index < -0.39 is 17.9 Å². The highest BCUT2D eigenvalue weighted by molar-refractivity contribution is 5.83. The topological polar surface area (TPSA) is 96.5 Å². The van der Waals surface area contributed by atoms with Crippen LogP contribution >= 0.6 is 0 Å². The predicted molar refractivity (Wildman–Crippen MR) is 105 cm³/mol. The highest BCUT2D eigenvalue weighted by Crippen LogP contribution is 2.16. The van der Waals surface area contributed by atoms with Crippen LogP contribution in [0.2, 0.25) is 0 Å². The molecule has 28 heavy (non-hydrogen) atoms. The summed E-state index contributed by atoms with van der Waals surface area (Å²) >= 11 is 0. The fraction of sp³-hybridized carbons (Fsp3) is 0.286. The van der Waals surface area contributed by atoms with Crippen molar-refractivity contribution < 1.29 is 19.1 Å². The van der Waals surface area contributed by atoms with Crippen LogP contribution in [-0.2, 0) is 20.8 Å². The molecule has 7 nitrogen and oxygen atoms in total. The first-order valence-electron chi connectivity index (χ1n) is 9.09. The molecule has 0 saturated heterocycles. The van der Waals surface area contributed by atoms with Crippen molar-refractivity contribution in [1.82, 2.24) is 16.2 Å². The summed E-state index contributed by atoms with van der Waals surface area (Å²) in [6.07, 6.45) is 0.915. The second kappa shape index (κ2) is 10.7. The summed E-state index contributed by atoms with van der Waals surface area (Å²) in [6, 6.07) is 16.1. The first-order chi connectivity index (χ1) is 13.5. The van der Waals surface area contributed by atoms with Crippen LogP contribution in [0.4, 0.5) is 0 Å². The standard InChI is InChI=1S/C21H25N3O4/c1-3-16-9-11-18(12-10-16)28-14-21(27)24-23-20(26)13-19(22-15(2)25)17-7-5-4-6-8-17/h4-12,19H,3,13-14H2,1-2H3,(H,22,25)(H,23,26)(H,24,27). The number of hydrogen-bond acceptors (Lipinski definition) is 4. The zero-order valence-electron chi connectivity index (χ0n) is 16.0. The van der Waals surface area contributed by atoms with E-state index in [4.69, 9.17) is 4.74 Å². The SMILES string of the molecule is CCc1ccc(OCC(=O)NNC(=O)CC(NC(C)=O)c2ccccc2)cc1. The van der Waals surface area contributed by atoms with Crippen LogP contribution < -0.4 is 20.9 Å². The van der Waals surface area contributed by atoms with Gasteiger partial charge in [-0.05, 0) is 29.7 Å². The second-order valence-corrected chi connectivity index (χ2v) is 6.25. The number of carbonyl (C=O) groups is 3. The van der Waals surface area contributed by atoms with E-state index in [1.807, 2.05) is 42.5 Å². The Hall–Kier alpha value is -3.35. The molecular weight excluding hydrogens is 358 g/mol. The van der Waals surface area contributed by atoms with E-state index in [-0.39, 0.29) is 18.9 Å². The minimum atomic E-state index is -0.483. The Morgan fingerprint density at radius 2 is 1.57 bits per heavy atom. The zero-order chi connectivity index (χ0) is 20.4. The van der Waals surface area contributed by atoms with Gasteiger partial charge >= 0.3 is 0 Å². The fourth-order valence-corrected chi connectivity index (χ4v) is 2.57. The normalized spacial score (nSPS) is 11.2. The number of nitrogens with one attached hydrogen (secondary N) is 3. The molecule has 0 saturated carbocycles. The average Bonchev–Trinajstić information content (AvgIpc) is 2.71. The summed E-state index contributed by atoms with van der Waals surface area (Å²) < 4.78 is 5.38. The van der Waals surface area contributed by atoms with Gasteiger partial charge in [-0.3, -0.25) is 25.2 Å². The zero-order valence-corrected chi connectivity index (χ0v) is 16.0. The van der Waals surface area contributed by atoms with E-state index in [1.165, 1.54) is 12.5 Å². The molecule has 1 unspecified atom stereocenters. The fourth-order valence-electron chi connectivity index (χ4n) is 2.57. The molecule has 0 bridgehead atoms. The van der Waals surface area contributed by atoms with Crippen molar-refractivity contribution >= 4 is 17.7 Å². The monoisotopic (exact) mass is 383 g/mol. The van der Waals surface area contributed by atoms with Crippen molar-refractivity contribution in [2.45, 2.75) is 32.7 Å². The van der Waals surface area contributed by atoms with Crippen LogP contribution in [0.3, 0.4) is 0 Å². The van der Waals surface area contributed by atoms with E-state index in [1.54, 1.807) is 12.1 Å². The lowest BCUT2D eigenvalue weighted by molar-refractivity contribution is -0.130. The predicted octanol–water partition coefficient (Wildman–Crippen LogP) is 2.04. The van der Waals surface area contributed by atoms with Crippen LogP contribution in [0.1, 0.15) is 37.4 Å². The maximum atomic E-state index is 12.1. The summed E-state index contributed by atoms with van der Waals surface area (Å²) in [5.41, 5.74) is 6.63. The van der Waals surface area contributed by atoms with E-state index in [2.05, 4.69) is 23.1 Å². The minimum Gasteiger partial charge on any atom is -0.484 e. The van der Waals surface area contributed by atoms with Gasteiger partial charge in [-0.15, -0.1) is 0 Å². The van der Waals surface area contributed by atoms with E-state index in [0.717, 1.165) is 12.0 Å². The first-order valence-corrected chi connectivity index (χ1v) is 9.09. The third-order valence-electron chi connectivity index (χ3n) is 4.01. The van der Waals surface area contributed by atoms with Crippen molar-refractivity contribution in [2.24, 2.45) is 0 Å². The molecule has 7 heteroatoms. The Balaban J connectivity index is 1.79. The molecule has 2 aromatic rings. The van der Waals surface area contributed by atoms with Gasteiger partial charge in [0.1, 0.15) is 5.75 Å². The van der Waals surface area contributed by atoms with Crippen molar-refractivity contribution in [3.8, 4) is 5.75 Å². The maximum absolute atomic E-state index is 12.1. The van der Waals surface area contributed by atoms with Crippen LogP contribution in [0.5, 0.6) is 5.75 Å². The van der Waals surface area contributed by atoms with Crippen molar-refractivity contribution in [3.05, 3.63) is 65.7 Å². The molecule has 0 aliphatic carbocycles. The minimum absolute atomic E-state index is 0.0107. The number of rotatable bonds is 8. The molecule has 2 rings (SSSR count). The summed E-state index contributed by atoms with van der Waals surface area (Å²) in [6.45, 7) is 3.22. The van der Waals surface area contributed by atoms with Gasteiger partial charge in [0.2, 0.25) is 11.8 Å². The summed E-state index contributed by atoms with van der Waals surface area (Å²) in [5.74, 6) is -0.575. The molecule has 0 aliphatic rings. The van der Waals surface area contributed by atoms with Crippen molar-refractivity contribution in [2.75, 3.05) is 6.61 Å². The lowest BCUT2D eigenvalue weighted by Gasteiger charge is -2.18. The van der Waals surface area contributed by atoms with Crippen LogP contribution in [0.25, 0.3) is 0 Å². The Morgan fingerprint density at radius 1 is 0.929 bits per heavy atom. The van der Waals surface area contributed by atoms with E-state index >= 15 is 0 Å². The largest absolute Gasteiger partial charge is 0.484 e. The van der Waals surface area contributed by atoms with Crippen molar-refractivity contribution in [1.29, 1.82) is 0 Å². The second-order valence-electron chi connectivity index (χ2n) is 6.25. The van der Waals surface area contributed by atoms with Crippen LogP contribution in [0.15, 0.2) is 54.6 Å². The maximum Gasteiger partial charge on any atom is 0.276 e. The number of ether oxygens (including phenoxy) is 1. The van der Waals surface area contributed by atoms with Gasteiger partial charge in [0.15, 0.2) is 6.61 Å². The summed E-state index contributed by atoms with van der Waals surface area (Å²) in [5, 5.41) is 2.73. The van der Waals surface area contributed by atoms with Crippen LogP contribution in [0, 0.1) is 0 Å². The average molecular weight is 383 g/mol. The van der Waals surface area contributed by atoms with E-state index in [0.29, 0.717) is 5.75 Å². The van der Waals surface area contributed by atoms with Crippen molar-refractivity contribution in [3.63, 3.8) is 0 Å². The lowest BCUT2D eigenvalue weighted by atomic mass is 10.0. The molecule has 0 heterocycles. The third kappa shape index (κ3) is 7.11. The molecule has 3 N–H and O–H groups in total. The van der Waals surface area contributed by atoms with Gasteiger partial charge in [0.25, 0.3) is 5.91 Å². The highest BCUT2D eigenvalue weighted by Gasteiger charge is 2.17. The lowest BCUT2D eigenvalue weighted by Crippen LogP contribution is -2.45. The Bertz CT molecular complexity index is 791. The number of hydrazine groups is 1. The van der Waals surface area contributed by atoms with E-state index in [9.17, 15) is 14.4 Å². The Labute approximate surface area is 164 Å². The smallest absolute Gasteiger partial charge is 0.276 e. The number of aryl methyl sites for hydroxylation is 1. The van der Waals surface area contributed by atoms with Gasteiger partial charge in [-0.25, -0.2) is 0 Å². The molecule has 148 valence electrons.